The molecule has 3 aliphatic rings. The molecule has 0 unspecified atom stereocenters. The second kappa shape index (κ2) is 8.17. The lowest BCUT2D eigenvalue weighted by Crippen LogP contribution is -2.61. The van der Waals surface area contributed by atoms with Gasteiger partial charge >= 0.3 is 0 Å². The van der Waals surface area contributed by atoms with Gasteiger partial charge < -0.3 is 15.3 Å². The quantitative estimate of drug-likeness (QED) is 0.789. The molecule has 164 valence electrons. The molecule has 6 heteroatoms. The first-order valence-corrected chi connectivity index (χ1v) is 11.5. The molecule has 1 saturated heterocycles. The number of piperazine rings is 1. The van der Waals surface area contributed by atoms with Gasteiger partial charge in [0.15, 0.2) is 0 Å². The predicted molar refractivity (Wildman–Crippen MR) is 124 cm³/mol. The Labute approximate surface area is 184 Å². The van der Waals surface area contributed by atoms with Gasteiger partial charge in [-0.15, -0.1) is 0 Å². The number of phenolic OH excluding ortho intramolecular Hbond substituents is 1. The number of amides is 1. The molecule has 1 saturated carbocycles. The van der Waals surface area contributed by atoms with E-state index in [-0.39, 0.29) is 5.91 Å². The van der Waals surface area contributed by atoms with Crippen molar-refractivity contribution in [3.05, 3.63) is 53.6 Å². The van der Waals surface area contributed by atoms with Crippen molar-refractivity contribution in [2.24, 2.45) is 0 Å². The summed E-state index contributed by atoms with van der Waals surface area (Å²) < 4.78 is 0. The first kappa shape index (κ1) is 20.3. The number of para-hydroxylation sites is 1. The Morgan fingerprint density at radius 1 is 1.00 bits per heavy atom. The molecule has 2 N–H and O–H groups in total. The maximum absolute atomic E-state index is 13.7. The fourth-order valence-corrected chi connectivity index (χ4v) is 5.33. The summed E-state index contributed by atoms with van der Waals surface area (Å²) in [4.78, 5) is 20.4. The van der Waals surface area contributed by atoms with Crippen LogP contribution >= 0.6 is 0 Å². The summed E-state index contributed by atoms with van der Waals surface area (Å²) in [5.41, 5.74) is 3.01. The fraction of sp³-hybridized carbons (Fsp3) is 0.480. The molecule has 0 atom stereocenters. The number of carbonyl (C=O) groups excluding carboxylic acids is 1. The van der Waals surface area contributed by atoms with E-state index in [9.17, 15) is 9.90 Å². The van der Waals surface area contributed by atoms with Crippen LogP contribution in [0.2, 0.25) is 0 Å². The van der Waals surface area contributed by atoms with Gasteiger partial charge in [0.05, 0.1) is 5.56 Å². The van der Waals surface area contributed by atoms with Crippen molar-refractivity contribution < 1.29 is 9.90 Å². The van der Waals surface area contributed by atoms with E-state index in [0.29, 0.717) is 17.9 Å². The number of hydrogen-bond acceptors (Lipinski definition) is 5. The van der Waals surface area contributed by atoms with E-state index in [1.165, 1.54) is 6.42 Å². The number of carbonyl (C=O) groups is 1. The van der Waals surface area contributed by atoms with Crippen molar-refractivity contribution in [2.75, 3.05) is 43.4 Å². The Hall–Kier alpha value is -2.57. The van der Waals surface area contributed by atoms with Gasteiger partial charge in [0.2, 0.25) is 0 Å². The molecule has 5 rings (SSSR count). The van der Waals surface area contributed by atoms with Crippen LogP contribution in [0, 0.1) is 0 Å². The van der Waals surface area contributed by atoms with Gasteiger partial charge in [0.1, 0.15) is 11.4 Å². The Bertz CT molecular complexity index is 962. The van der Waals surface area contributed by atoms with Crippen molar-refractivity contribution in [1.29, 1.82) is 0 Å². The lowest BCUT2D eigenvalue weighted by atomic mass is 9.84. The van der Waals surface area contributed by atoms with Gasteiger partial charge in [-0.1, -0.05) is 18.6 Å². The maximum atomic E-state index is 13.7. The van der Waals surface area contributed by atoms with E-state index in [4.69, 9.17) is 0 Å². The van der Waals surface area contributed by atoms with Gasteiger partial charge in [-0.25, -0.2) is 0 Å². The molecule has 1 amide bonds. The largest absolute Gasteiger partial charge is 0.508 e. The lowest BCUT2D eigenvalue weighted by molar-refractivity contribution is 0.0938. The SMILES string of the molecule is CN1CCN(Cc2cc(N3C(=O)c4ccccc4NC34CCCCC4)ccc2O)CC1. The third-order valence-corrected chi connectivity index (χ3v) is 7.15. The van der Waals surface area contributed by atoms with Crippen molar-refractivity contribution in [1.82, 2.24) is 9.80 Å². The highest BCUT2D eigenvalue weighted by molar-refractivity contribution is 6.12. The summed E-state index contributed by atoms with van der Waals surface area (Å²) >= 11 is 0. The third kappa shape index (κ3) is 3.79. The van der Waals surface area contributed by atoms with Gasteiger partial charge in [-0.05, 0) is 63.1 Å². The zero-order chi connectivity index (χ0) is 21.4. The molecule has 2 aromatic rings. The van der Waals surface area contributed by atoms with E-state index < -0.39 is 5.66 Å². The first-order valence-electron chi connectivity index (χ1n) is 11.5. The molecule has 2 heterocycles. The summed E-state index contributed by atoms with van der Waals surface area (Å²) in [6.07, 6.45) is 5.27. The Kier molecular flexibility index (Phi) is 5.36. The van der Waals surface area contributed by atoms with E-state index in [1.54, 1.807) is 6.07 Å². The highest BCUT2D eigenvalue weighted by Gasteiger charge is 2.46. The summed E-state index contributed by atoms with van der Waals surface area (Å²) in [5, 5.41) is 14.3. The van der Waals surface area contributed by atoms with Crippen LogP contribution in [0.4, 0.5) is 11.4 Å². The molecule has 2 aliphatic heterocycles. The summed E-state index contributed by atoms with van der Waals surface area (Å²) in [6.45, 7) is 4.75. The normalized spacial score (nSPS) is 21.7. The number of likely N-dealkylation sites (N-methyl/N-ethyl adjacent to an activating group) is 1. The van der Waals surface area contributed by atoms with Crippen LogP contribution in [-0.4, -0.2) is 59.7 Å². The minimum absolute atomic E-state index is 0.0486. The molecule has 0 radical (unpaired) electrons. The molecular weight excluding hydrogens is 388 g/mol. The van der Waals surface area contributed by atoms with Gasteiger partial charge in [-0.2, -0.15) is 0 Å². The minimum atomic E-state index is -0.397. The summed E-state index contributed by atoms with van der Waals surface area (Å²) in [5.74, 6) is 0.352. The number of nitrogens with one attached hydrogen (secondary N) is 1. The molecule has 1 aliphatic carbocycles. The molecule has 31 heavy (non-hydrogen) atoms. The Balaban J connectivity index is 1.50. The van der Waals surface area contributed by atoms with E-state index in [1.807, 2.05) is 41.3 Å². The zero-order valence-electron chi connectivity index (χ0n) is 18.3. The van der Waals surface area contributed by atoms with Crippen molar-refractivity contribution >= 4 is 17.3 Å². The van der Waals surface area contributed by atoms with Crippen LogP contribution in [0.5, 0.6) is 5.75 Å². The van der Waals surface area contributed by atoms with Crippen LogP contribution in [0.15, 0.2) is 42.5 Å². The Morgan fingerprint density at radius 3 is 2.52 bits per heavy atom. The Morgan fingerprint density at radius 2 is 1.74 bits per heavy atom. The average molecular weight is 421 g/mol. The number of benzene rings is 2. The van der Waals surface area contributed by atoms with E-state index >= 15 is 0 Å². The second-order valence-electron chi connectivity index (χ2n) is 9.30. The number of nitrogens with zero attached hydrogens (tertiary/aromatic N) is 3. The summed E-state index contributed by atoms with van der Waals surface area (Å²) in [6, 6.07) is 13.5. The van der Waals surface area contributed by atoms with Crippen LogP contribution in [-0.2, 0) is 6.54 Å². The standard InChI is InChI=1S/C25H32N4O2/c1-27-13-15-28(16-14-27)18-19-17-20(9-10-23(19)30)29-24(31)21-7-3-4-8-22(21)26-25(29)11-5-2-6-12-25/h3-4,7-10,17,26,30H,2,5-6,11-16,18H2,1H3. The topological polar surface area (TPSA) is 59.0 Å². The van der Waals surface area contributed by atoms with Crippen LogP contribution in [0.3, 0.4) is 0 Å². The van der Waals surface area contributed by atoms with Crippen LogP contribution in [0.1, 0.15) is 48.0 Å². The lowest BCUT2D eigenvalue weighted by Gasteiger charge is -2.50. The van der Waals surface area contributed by atoms with Gasteiger partial charge in [0, 0.05) is 49.7 Å². The average Bonchev–Trinajstić information content (AvgIpc) is 2.78. The van der Waals surface area contributed by atoms with E-state index in [2.05, 4.69) is 22.2 Å². The van der Waals surface area contributed by atoms with Crippen LogP contribution < -0.4 is 10.2 Å². The number of hydrogen-bond donors (Lipinski definition) is 2. The molecule has 0 bridgehead atoms. The minimum Gasteiger partial charge on any atom is -0.508 e. The summed E-state index contributed by atoms with van der Waals surface area (Å²) in [7, 11) is 2.14. The first-order chi connectivity index (χ1) is 15.1. The van der Waals surface area contributed by atoms with Crippen molar-refractivity contribution in [3.63, 3.8) is 0 Å². The predicted octanol–water partition coefficient (Wildman–Crippen LogP) is 3.87. The molecule has 0 aromatic heterocycles. The smallest absolute Gasteiger partial charge is 0.262 e. The van der Waals surface area contributed by atoms with Gasteiger partial charge in [0.25, 0.3) is 5.91 Å². The maximum Gasteiger partial charge on any atom is 0.262 e. The number of rotatable bonds is 3. The number of fused-ring (bicyclic) bond motifs is 1. The molecular formula is C25H32N4O2. The molecule has 6 nitrogen and oxygen atoms in total. The monoisotopic (exact) mass is 420 g/mol. The number of aromatic hydroxyl groups is 1. The van der Waals surface area contributed by atoms with E-state index in [0.717, 1.165) is 68.8 Å². The highest BCUT2D eigenvalue weighted by Crippen LogP contribution is 2.43. The third-order valence-electron chi connectivity index (χ3n) is 7.15. The van der Waals surface area contributed by atoms with Crippen molar-refractivity contribution in [2.45, 2.75) is 44.3 Å². The zero-order valence-corrected chi connectivity index (χ0v) is 18.3. The molecule has 2 fully saturated rings. The van der Waals surface area contributed by atoms with Gasteiger partial charge in [-0.3, -0.25) is 14.6 Å². The van der Waals surface area contributed by atoms with Crippen molar-refractivity contribution in [3.8, 4) is 5.75 Å². The highest BCUT2D eigenvalue weighted by atomic mass is 16.3. The molecule has 2 aromatic carbocycles. The number of anilines is 2. The molecule has 1 spiro atoms. The fourth-order valence-electron chi connectivity index (χ4n) is 5.33. The number of phenols is 1. The second-order valence-corrected chi connectivity index (χ2v) is 9.30. The van der Waals surface area contributed by atoms with Crippen LogP contribution in [0.25, 0.3) is 0 Å².